The third-order valence-electron chi connectivity index (χ3n) is 5.61. The Morgan fingerprint density at radius 3 is 2.53 bits per heavy atom. The number of piperidine rings is 1. The van der Waals surface area contributed by atoms with Crippen molar-refractivity contribution in [2.45, 2.75) is 39.3 Å². The van der Waals surface area contributed by atoms with Crippen LogP contribution in [0.25, 0.3) is 0 Å². The normalized spacial score (nSPS) is 14.3. The summed E-state index contributed by atoms with van der Waals surface area (Å²) < 4.78 is 5.47. The number of amides is 2. The van der Waals surface area contributed by atoms with E-state index in [1.807, 2.05) is 36.5 Å². The quantitative estimate of drug-likeness (QED) is 0.697. The van der Waals surface area contributed by atoms with E-state index in [-0.39, 0.29) is 12.1 Å². The molecule has 0 saturated carbocycles. The Bertz CT molecular complexity index is 799. The van der Waals surface area contributed by atoms with Crippen LogP contribution in [0, 0.1) is 0 Å². The van der Waals surface area contributed by atoms with Gasteiger partial charge in [0, 0.05) is 45.0 Å². The summed E-state index contributed by atoms with van der Waals surface area (Å²) in [5.74, 6) is 1.86. The first kappa shape index (κ1) is 21.7. The third-order valence-corrected chi connectivity index (χ3v) is 5.61. The number of carbonyl (C=O) groups is 1. The van der Waals surface area contributed by atoms with Gasteiger partial charge in [-0.15, -0.1) is 0 Å². The maximum Gasteiger partial charge on any atom is 0.315 e. The van der Waals surface area contributed by atoms with Crippen molar-refractivity contribution in [3.63, 3.8) is 0 Å². The largest absolute Gasteiger partial charge is 0.495 e. The zero-order valence-electron chi connectivity index (χ0n) is 18.2. The van der Waals surface area contributed by atoms with E-state index in [2.05, 4.69) is 45.3 Å². The molecular weight excluding hydrogens is 378 g/mol. The van der Waals surface area contributed by atoms with Crippen molar-refractivity contribution < 1.29 is 9.53 Å². The predicted octanol–water partition coefficient (Wildman–Crippen LogP) is 3.40. The van der Waals surface area contributed by atoms with Crippen molar-refractivity contribution >= 4 is 17.5 Å². The Hall–Kier alpha value is -2.96. The van der Waals surface area contributed by atoms with Gasteiger partial charge in [0.15, 0.2) is 0 Å². The molecular formula is C23H33N5O2. The van der Waals surface area contributed by atoms with Gasteiger partial charge in [0.25, 0.3) is 0 Å². The van der Waals surface area contributed by atoms with Gasteiger partial charge in [0.2, 0.25) is 0 Å². The summed E-state index contributed by atoms with van der Waals surface area (Å²) >= 11 is 0. The summed E-state index contributed by atoms with van der Waals surface area (Å²) in [5.41, 5.74) is 2.11. The second-order valence-corrected chi connectivity index (χ2v) is 7.46. The Morgan fingerprint density at radius 1 is 1.17 bits per heavy atom. The number of ether oxygens (including phenoxy) is 1. The van der Waals surface area contributed by atoms with Gasteiger partial charge in [-0.3, -0.25) is 0 Å². The molecule has 162 valence electrons. The maximum absolute atomic E-state index is 12.3. The summed E-state index contributed by atoms with van der Waals surface area (Å²) in [6.07, 6.45) is 3.65. The van der Waals surface area contributed by atoms with Gasteiger partial charge in [0.1, 0.15) is 11.6 Å². The molecule has 2 N–H and O–H groups in total. The number of methoxy groups -OCH3 is 1. The molecule has 3 rings (SSSR count). The Balaban J connectivity index is 1.43. The van der Waals surface area contributed by atoms with Crippen LogP contribution in [-0.2, 0) is 6.54 Å². The molecule has 0 aliphatic carbocycles. The highest BCUT2D eigenvalue weighted by atomic mass is 16.5. The molecule has 7 heteroatoms. The van der Waals surface area contributed by atoms with E-state index in [4.69, 9.17) is 4.74 Å². The fraction of sp³-hybridized carbons (Fsp3) is 0.478. The van der Waals surface area contributed by atoms with Crippen LogP contribution in [0.3, 0.4) is 0 Å². The van der Waals surface area contributed by atoms with Crippen LogP contribution in [0.15, 0.2) is 42.6 Å². The van der Waals surface area contributed by atoms with E-state index in [0.29, 0.717) is 6.54 Å². The van der Waals surface area contributed by atoms with Crippen molar-refractivity contribution in [1.82, 2.24) is 15.6 Å². The van der Waals surface area contributed by atoms with Crippen LogP contribution in [0.5, 0.6) is 5.75 Å². The minimum absolute atomic E-state index is 0.126. The molecule has 0 bridgehead atoms. The predicted molar refractivity (Wildman–Crippen MR) is 121 cm³/mol. The zero-order valence-corrected chi connectivity index (χ0v) is 18.2. The van der Waals surface area contributed by atoms with E-state index in [1.165, 1.54) is 0 Å². The van der Waals surface area contributed by atoms with Crippen molar-refractivity contribution in [3.05, 3.63) is 48.2 Å². The maximum atomic E-state index is 12.3. The number of hydrogen-bond donors (Lipinski definition) is 2. The molecule has 1 aromatic heterocycles. The van der Waals surface area contributed by atoms with Crippen LogP contribution >= 0.6 is 0 Å². The fourth-order valence-electron chi connectivity index (χ4n) is 3.83. The van der Waals surface area contributed by atoms with E-state index in [0.717, 1.165) is 61.8 Å². The van der Waals surface area contributed by atoms with Gasteiger partial charge in [-0.1, -0.05) is 18.2 Å². The molecule has 2 heterocycles. The summed E-state index contributed by atoms with van der Waals surface area (Å²) in [4.78, 5) is 21.3. The van der Waals surface area contributed by atoms with Crippen molar-refractivity contribution in [2.75, 3.05) is 43.1 Å². The summed E-state index contributed by atoms with van der Waals surface area (Å²) in [7, 11) is 1.70. The topological polar surface area (TPSA) is 69.7 Å². The second kappa shape index (κ2) is 10.7. The minimum atomic E-state index is -0.126. The monoisotopic (exact) mass is 411 g/mol. The number of nitrogens with zero attached hydrogens (tertiary/aromatic N) is 3. The van der Waals surface area contributed by atoms with Crippen LogP contribution in [0.4, 0.5) is 16.3 Å². The van der Waals surface area contributed by atoms with Gasteiger partial charge >= 0.3 is 6.03 Å². The number of rotatable bonds is 8. The van der Waals surface area contributed by atoms with Crippen LogP contribution in [0.1, 0.15) is 32.3 Å². The summed E-state index contributed by atoms with van der Waals surface area (Å²) in [6.45, 7) is 8.35. The number of nitrogens with one attached hydrogen (secondary N) is 2. The highest BCUT2D eigenvalue weighted by Crippen LogP contribution is 2.29. The molecule has 1 saturated heterocycles. The average Bonchev–Trinajstić information content (AvgIpc) is 2.80. The first-order valence-electron chi connectivity index (χ1n) is 10.8. The van der Waals surface area contributed by atoms with E-state index in [9.17, 15) is 4.79 Å². The van der Waals surface area contributed by atoms with Gasteiger partial charge in [-0.05, 0) is 50.5 Å². The molecule has 0 atom stereocenters. The third kappa shape index (κ3) is 5.55. The lowest BCUT2D eigenvalue weighted by molar-refractivity contribution is 0.234. The molecule has 0 radical (unpaired) electrons. The summed E-state index contributed by atoms with van der Waals surface area (Å²) in [6, 6.07) is 12.2. The van der Waals surface area contributed by atoms with Crippen LogP contribution in [0.2, 0.25) is 0 Å². The van der Waals surface area contributed by atoms with Gasteiger partial charge < -0.3 is 25.2 Å². The molecule has 2 aromatic rings. The Kier molecular flexibility index (Phi) is 7.76. The number of hydrogen-bond acceptors (Lipinski definition) is 5. The van der Waals surface area contributed by atoms with Crippen molar-refractivity contribution in [2.24, 2.45) is 0 Å². The van der Waals surface area contributed by atoms with E-state index < -0.39 is 0 Å². The Labute approximate surface area is 179 Å². The van der Waals surface area contributed by atoms with Crippen molar-refractivity contribution in [1.29, 1.82) is 0 Å². The first-order valence-corrected chi connectivity index (χ1v) is 10.8. The molecule has 30 heavy (non-hydrogen) atoms. The van der Waals surface area contributed by atoms with Crippen molar-refractivity contribution in [3.8, 4) is 5.75 Å². The lowest BCUT2D eigenvalue weighted by Crippen LogP contribution is -2.47. The standard InChI is InChI=1S/C23H33N5O2/c1-4-27(5-2)22-11-10-18(16-24-22)17-25-23(29)26-19-12-14-28(15-13-19)20-8-6-7-9-21(20)30-3/h6-11,16,19H,4-5,12-15,17H2,1-3H3,(H2,25,26,29). The molecule has 1 aliphatic heterocycles. The van der Waals surface area contributed by atoms with Gasteiger partial charge in [-0.2, -0.15) is 0 Å². The highest BCUT2D eigenvalue weighted by Gasteiger charge is 2.22. The van der Waals surface area contributed by atoms with Crippen LogP contribution < -0.4 is 25.2 Å². The lowest BCUT2D eigenvalue weighted by Gasteiger charge is -2.34. The number of para-hydroxylation sites is 2. The molecule has 0 spiro atoms. The lowest BCUT2D eigenvalue weighted by atomic mass is 10.0. The molecule has 1 aliphatic rings. The van der Waals surface area contributed by atoms with Gasteiger partial charge in [-0.25, -0.2) is 9.78 Å². The number of benzene rings is 1. The molecule has 0 unspecified atom stereocenters. The fourth-order valence-corrected chi connectivity index (χ4v) is 3.83. The molecule has 2 amide bonds. The molecule has 1 fully saturated rings. The highest BCUT2D eigenvalue weighted by molar-refractivity contribution is 5.74. The van der Waals surface area contributed by atoms with Crippen LogP contribution in [-0.4, -0.2) is 50.3 Å². The molecule has 7 nitrogen and oxygen atoms in total. The smallest absolute Gasteiger partial charge is 0.315 e. The van der Waals surface area contributed by atoms with Gasteiger partial charge in [0.05, 0.1) is 12.8 Å². The number of urea groups is 1. The minimum Gasteiger partial charge on any atom is -0.495 e. The van der Waals surface area contributed by atoms with E-state index in [1.54, 1.807) is 7.11 Å². The number of aromatic nitrogens is 1. The Morgan fingerprint density at radius 2 is 1.90 bits per heavy atom. The average molecular weight is 412 g/mol. The van der Waals surface area contributed by atoms with E-state index >= 15 is 0 Å². The zero-order chi connectivity index (χ0) is 21.3. The number of pyridine rings is 1. The first-order chi connectivity index (χ1) is 14.6. The SMILES string of the molecule is CCN(CC)c1ccc(CNC(=O)NC2CCN(c3ccccc3OC)CC2)cn1. The molecule has 1 aromatic carbocycles. The summed E-state index contributed by atoms with van der Waals surface area (Å²) in [5, 5.41) is 6.05. The number of anilines is 2. The number of carbonyl (C=O) groups excluding carboxylic acids is 1. The second-order valence-electron chi connectivity index (χ2n) is 7.46.